The van der Waals surface area contributed by atoms with Crippen LogP contribution in [0.25, 0.3) is 0 Å². The van der Waals surface area contributed by atoms with Gasteiger partial charge in [-0.15, -0.1) is 0 Å². The quantitative estimate of drug-likeness (QED) is 0.843. The van der Waals surface area contributed by atoms with Crippen LogP contribution in [-0.2, 0) is 15.8 Å². The van der Waals surface area contributed by atoms with Crippen molar-refractivity contribution in [2.45, 2.75) is 12.7 Å². The molecule has 0 atom stereocenters. The van der Waals surface area contributed by atoms with Crippen LogP contribution >= 0.6 is 0 Å². The van der Waals surface area contributed by atoms with E-state index in [0.29, 0.717) is 11.4 Å². The minimum Gasteiger partial charge on any atom is -0.398 e. The first-order valence-corrected chi connectivity index (χ1v) is 7.52. The number of nitrogen functional groups attached to an aromatic ring is 1. The molecular weight excluding hydrogens is 260 g/mol. The molecule has 0 spiro atoms. The maximum Gasteiger partial charge on any atom is 0.236 e. The number of nitrogens with two attached hydrogens (primary N) is 1. The van der Waals surface area contributed by atoms with Gasteiger partial charge in [-0.05, 0) is 30.2 Å². The molecule has 0 aliphatic heterocycles. The molecule has 0 saturated heterocycles. The van der Waals surface area contributed by atoms with Crippen molar-refractivity contribution in [3.63, 3.8) is 0 Å². The minimum atomic E-state index is -3.42. The van der Waals surface area contributed by atoms with Crippen LogP contribution in [0.1, 0.15) is 11.1 Å². The second-order valence-corrected chi connectivity index (χ2v) is 6.14. The van der Waals surface area contributed by atoms with E-state index in [9.17, 15) is 8.42 Å². The van der Waals surface area contributed by atoms with E-state index in [4.69, 9.17) is 5.73 Å². The van der Waals surface area contributed by atoms with Gasteiger partial charge in [0.15, 0.2) is 0 Å². The summed E-state index contributed by atoms with van der Waals surface area (Å²) in [6.07, 6.45) is 0. The number of hydrogen-bond acceptors (Lipinski definition) is 3. The van der Waals surface area contributed by atoms with E-state index >= 15 is 0 Å². The summed E-state index contributed by atoms with van der Waals surface area (Å²) in [7, 11) is -3.42. The Morgan fingerprint density at radius 1 is 1.11 bits per heavy atom. The summed E-state index contributed by atoms with van der Waals surface area (Å²) in [4.78, 5) is 0. The van der Waals surface area contributed by atoms with Crippen LogP contribution in [0.4, 0.5) is 11.4 Å². The monoisotopic (exact) mass is 276 g/mol. The molecule has 0 aromatic heterocycles. The maximum atomic E-state index is 12.0. The molecule has 2 rings (SSSR count). The lowest BCUT2D eigenvalue weighted by Crippen LogP contribution is -2.15. The minimum absolute atomic E-state index is 0.0539. The number of benzene rings is 2. The van der Waals surface area contributed by atoms with Crippen LogP contribution in [-0.4, -0.2) is 8.42 Å². The fourth-order valence-electron chi connectivity index (χ4n) is 1.71. The first-order chi connectivity index (χ1) is 8.96. The molecule has 5 heteroatoms. The zero-order chi connectivity index (χ0) is 13.9. The van der Waals surface area contributed by atoms with Gasteiger partial charge >= 0.3 is 0 Å². The number of anilines is 2. The van der Waals surface area contributed by atoms with E-state index in [-0.39, 0.29) is 5.75 Å². The van der Waals surface area contributed by atoms with E-state index in [2.05, 4.69) is 4.72 Å². The number of aryl methyl sites for hydroxylation is 1. The largest absolute Gasteiger partial charge is 0.398 e. The highest BCUT2D eigenvalue weighted by atomic mass is 32.2. The smallest absolute Gasteiger partial charge is 0.236 e. The Morgan fingerprint density at radius 3 is 2.42 bits per heavy atom. The van der Waals surface area contributed by atoms with Crippen LogP contribution in [0.15, 0.2) is 48.5 Å². The molecule has 2 aromatic rings. The van der Waals surface area contributed by atoms with Gasteiger partial charge in [0, 0.05) is 5.69 Å². The third-order valence-electron chi connectivity index (χ3n) is 2.75. The topological polar surface area (TPSA) is 72.2 Å². The Bertz CT molecular complexity index is 667. The lowest BCUT2D eigenvalue weighted by Gasteiger charge is -2.09. The maximum absolute atomic E-state index is 12.0. The first kappa shape index (κ1) is 13.4. The van der Waals surface area contributed by atoms with Crippen molar-refractivity contribution >= 4 is 21.4 Å². The summed E-state index contributed by atoms with van der Waals surface area (Å²) >= 11 is 0. The summed E-state index contributed by atoms with van der Waals surface area (Å²) in [5.74, 6) is -0.0539. The Hall–Kier alpha value is -2.01. The summed E-state index contributed by atoms with van der Waals surface area (Å²) in [5.41, 5.74) is 8.48. The van der Waals surface area contributed by atoms with Gasteiger partial charge in [-0.1, -0.05) is 36.4 Å². The second-order valence-electron chi connectivity index (χ2n) is 4.42. The van der Waals surface area contributed by atoms with Gasteiger partial charge in [-0.2, -0.15) is 0 Å². The van der Waals surface area contributed by atoms with Crippen molar-refractivity contribution < 1.29 is 8.42 Å². The van der Waals surface area contributed by atoms with Gasteiger partial charge in [-0.3, -0.25) is 4.72 Å². The average Bonchev–Trinajstić information content (AvgIpc) is 2.34. The predicted octanol–water partition coefficient (Wildman–Crippen LogP) is 2.52. The first-order valence-electron chi connectivity index (χ1n) is 5.87. The summed E-state index contributed by atoms with van der Waals surface area (Å²) < 4.78 is 26.6. The van der Waals surface area contributed by atoms with Gasteiger partial charge < -0.3 is 5.73 Å². The fourth-order valence-corrected chi connectivity index (χ4v) is 2.90. The van der Waals surface area contributed by atoms with E-state index in [1.54, 1.807) is 30.3 Å². The van der Waals surface area contributed by atoms with Crippen molar-refractivity contribution in [3.8, 4) is 0 Å². The molecule has 0 unspecified atom stereocenters. The lowest BCUT2D eigenvalue weighted by molar-refractivity contribution is 0.600. The summed E-state index contributed by atoms with van der Waals surface area (Å²) in [6.45, 7) is 1.87. The normalized spacial score (nSPS) is 11.2. The van der Waals surface area contributed by atoms with Crippen LogP contribution in [0.3, 0.4) is 0 Å². The summed E-state index contributed by atoms with van der Waals surface area (Å²) in [5, 5.41) is 0. The molecule has 3 N–H and O–H groups in total. The van der Waals surface area contributed by atoms with Gasteiger partial charge in [0.2, 0.25) is 10.0 Å². The van der Waals surface area contributed by atoms with Crippen LogP contribution < -0.4 is 10.5 Å². The molecule has 100 valence electrons. The van der Waals surface area contributed by atoms with E-state index < -0.39 is 10.0 Å². The number of nitrogens with one attached hydrogen (secondary N) is 1. The lowest BCUT2D eigenvalue weighted by atomic mass is 10.2. The van der Waals surface area contributed by atoms with Gasteiger partial charge in [-0.25, -0.2) is 8.42 Å². The van der Waals surface area contributed by atoms with Gasteiger partial charge in [0.25, 0.3) is 0 Å². The van der Waals surface area contributed by atoms with Crippen molar-refractivity contribution in [1.82, 2.24) is 0 Å². The van der Waals surface area contributed by atoms with Crippen LogP contribution in [0.5, 0.6) is 0 Å². The average molecular weight is 276 g/mol. The molecule has 0 saturated carbocycles. The van der Waals surface area contributed by atoms with E-state index in [1.807, 2.05) is 25.1 Å². The fraction of sp³-hybridized carbons (Fsp3) is 0.143. The molecule has 0 heterocycles. The zero-order valence-electron chi connectivity index (χ0n) is 10.6. The summed E-state index contributed by atoms with van der Waals surface area (Å²) in [6, 6.07) is 14.2. The Labute approximate surface area is 113 Å². The number of hydrogen-bond donors (Lipinski definition) is 2. The molecule has 2 aromatic carbocycles. The number of rotatable bonds is 4. The molecular formula is C14H16N2O2S. The molecule has 19 heavy (non-hydrogen) atoms. The Morgan fingerprint density at radius 2 is 1.79 bits per heavy atom. The molecule has 0 radical (unpaired) electrons. The Balaban J connectivity index is 2.15. The molecule has 0 bridgehead atoms. The second kappa shape index (κ2) is 5.32. The molecule has 0 amide bonds. The van der Waals surface area contributed by atoms with Crippen molar-refractivity contribution in [2.75, 3.05) is 10.5 Å². The van der Waals surface area contributed by atoms with E-state index in [0.717, 1.165) is 11.1 Å². The van der Waals surface area contributed by atoms with E-state index in [1.165, 1.54) is 0 Å². The third kappa shape index (κ3) is 3.72. The highest BCUT2D eigenvalue weighted by molar-refractivity contribution is 7.91. The third-order valence-corrected chi connectivity index (χ3v) is 4.01. The van der Waals surface area contributed by atoms with Gasteiger partial charge in [0.05, 0.1) is 11.4 Å². The molecule has 0 aliphatic carbocycles. The van der Waals surface area contributed by atoms with Crippen molar-refractivity contribution in [3.05, 3.63) is 59.7 Å². The molecule has 0 fully saturated rings. The van der Waals surface area contributed by atoms with Crippen molar-refractivity contribution in [2.24, 2.45) is 0 Å². The van der Waals surface area contributed by atoms with Crippen molar-refractivity contribution in [1.29, 1.82) is 0 Å². The van der Waals surface area contributed by atoms with Crippen LogP contribution in [0.2, 0.25) is 0 Å². The standard InChI is InChI=1S/C14H16N2O2S/c1-11-7-8-13(9-14(11)15)16-19(17,18)10-12-5-3-2-4-6-12/h2-9,16H,10,15H2,1H3. The molecule has 0 aliphatic rings. The van der Waals surface area contributed by atoms with Gasteiger partial charge in [0.1, 0.15) is 0 Å². The van der Waals surface area contributed by atoms with Crippen LogP contribution in [0, 0.1) is 6.92 Å². The SMILES string of the molecule is Cc1ccc(NS(=O)(=O)Cc2ccccc2)cc1N. The number of sulfonamides is 1. The zero-order valence-corrected chi connectivity index (χ0v) is 11.4. The Kier molecular flexibility index (Phi) is 3.76. The molecule has 4 nitrogen and oxygen atoms in total. The highest BCUT2D eigenvalue weighted by Gasteiger charge is 2.11. The predicted molar refractivity (Wildman–Crippen MR) is 78.3 cm³/mol. The highest BCUT2D eigenvalue weighted by Crippen LogP contribution is 2.19.